The van der Waals surface area contributed by atoms with E-state index in [0.29, 0.717) is 0 Å². The molecule has 0 unspecified atom stereocenters. The van der Waals surface area contributed by atoms with E-state index >= 15 is 0 Å². The van der Waals surface area contributed by atoms with Gasteiger partial charge in [0, 0.05) is 0 Å². The van der Waals surface area contributed by atoms with Crippen LogP contribution >= 0.6 is 11.5 Å². The Morgan fingerprint density at radius 1 is 1.30 bits per heavy atom. The van der Waals surface area contributed by atoms with Crippen LogP contribution in [-0.4, -0.2) is 27.1 Å². The molecule has 1 amide bonds. The largest absolute Gasteiger partial charge is 0.478 e. The molecule has 0 saturated carbocycles. The first-order chi connectivity index (χ1) is 8.92. The smallest absolute Gasteiger partial charge is 0.435 e. The summed E-state index contributed by atoms with van der Waals surface area (Å²) in [6.45, 7) is 4.66. The monoisotopic (exact) mass is 312 g/mol. The van der Waals surface area contributed by atoms with Gasteiger partial charge in [0.15, 0.2) is 5.69 Å². The Bertz CT molecular complexity index is 534. The van der Waals surface area contributed by atoms with Crippen LogP contribution in [0, 0.1) is 0 Å². The van der Waals surface area contributed by atoms with Crippen molar-refractivity contribution in [3.8, 4) is 0 Å². The minimum atomic E-state index is -4.92. The second-order valence-corrected chi connectivity index (χ2v) is 5.44. The number of anilines is 1. The van der Waals surface area contributed by atoms with Gasteiger partial charge in [-0.25, -0.2) is 9.59 Å². The summed E-state index contributed by atoms with van der Waals surface area (Å²) in [5.74, 6) is -1.84. The first-order valence-electron chi connectivity index (χ1n) is 5.22. The van der Waals surface area contributed by atoms with Gasteiger partial charge in [0.05, 0.1) is 0 Å². The van der Waals surface area contributed by atoms with E-state index in [2.05, 4.69) is 4.37 Å². The number of nitrogens with one attached hydrogen (secondary N) is 1. The summed E-state index contributed by atoms with van der Waals surface area (Å²) in [7, 11) is 0. The van der Waals surface area contributed by atoms with Crippen molar-refractivity contribution in [2.75, 3.05) is 5.32 Å². The molecule has 0 atom stereocenters. The fraction of sp³-hybridized carbons (Fsp3) is 0.500. The van der Waals surface area contributed by atoms with Crippen LogP contribution in [0.1, 0.15) is 36.8 Å². The number of carboxylic acids is 1. The zero-order valence-corrected chi connectivity index (χ0v) is 11.5. The number of carbonyl (C=O) groups is 2. The topological polar surface area (TPSA) is 88.5 Å². The van der Waals surface area contributed by atoms with Crippen LogP contribution in [0.2, 0.25) is 0 Å². The average molecular weight is 312 g/mol. The van der Waals surface area contributed by atoms with E-state index in [1.54, 1.807) is 20.8 Å². The SMILES string of the molecule is CC(C)(C)OC(=O)Nc1snc(C(F)(F)F)c1C(=O)O. The number of hydrogen-bond acceptors (Lipinski definition) is 5. The maximum Gasteiger partial charge on any atom is 0.435 e. The molecule has 0 aliphatic heterocycles. The molecule has 10 heteroatoms. The minimum Gasteiger partial charge on any atom is -0.478 e. The van der Waals surface area contributed by atoms with E-state index in [1.807, 2.05) is 5.32 Å². The van der Waals surface area contributed by atoms with Crippen LogP contribution in [0.3, 0.4) is 0 Å². The molecule has 2 N–H and O–H groups in total. The predicted octanol–water partition coefficient (Wildman–Crippen LogP) is 3.21. The highest BCUT2D eigenvalue weighted by molar-refractivity contribution is 7.11. The van der Waals surface area contributed by atoms with Crippen molar-refractivity contribution in [2.24, 2.45) is 0 Å². The number of carbonyl (C=O) groups excluding carboxylic acids is 1. The molecule has 6 nitrogen and oxygen atoms in total. The lowest BCUT2D eigenvalue weighted by atomic mass is 10.2. The van der Waals surface area contributed by atoms with Crippen molar-refractivity contribution >= 4 is 28.6 Å². The van der Waals surface area contributed by atoms with Crippen molar-refractivity contribution in [2.45, 2.75) is 32.5 Å². The van der Waals surface area contributed by atoms with Gasteiger partial charge in [0.2, 0.25) is 0 Å². The highest BCUT2D eigenvalue weighted by Crippen LogP contribution is 2.37. The number of halogens is 3. The summed E-state index contributed by atoms with van der Waals surface area (Å²) in [4.78, 5) is 22.3. The molecular weight excluding hydrogens is 301 g/mol. The minimum absolute atomic E-state index is 0.223. The van der Waals surface area contributed by atoms with Gasteiger partial charge in [-0.1, -0.05) is 0 Å². The summed E-state index contributed by atoms with van der Waals surface area (Å²) in [6.07, 6.45) is -5.98. The molecule has 0 radical (unpaired) electrons. The van der Waals surface area contributed by atoms with Crippen molar-refractivity contribution < 1.29 is 32.6 Å². The van der Waals surface area contributed by atoms with Gasteiger partial charge in [0.1, 0.15) is 16.2 Å². The van der Waals surface area contributed by atoms with Crippen LogP contribution in [0.15, 0.2) is 0 Å². The van der Waals surface area contributed by atoms with Gasteiger partial charge in [-0.15, -0.1) is 0 Å². The maximum atomic E-state index is 12.6. The van der Waals surface area contributed by atoms with E-state index in [1.165, 1.54) is 0 Å². The number of carboxylic acid groups (broad SMARTS) is 1. The lowest BCUT2D eigenvalue weighted by Crippen LogP contribution is -2.27. The molecule has 112 valence electrons. The summed E-state index contributed by atoms with van der Waals surface area (Å²) < 4.78 is 45.6. The molecule has 0 bridgehead atoms. The van der Waals surface area contributed by atoms with Crippen molar-refractivity contribution in [1.82, 2.24) is 4.37 Å². The van der Waals surface area contributed by atoms with Gasteiger partial charge < -0.3 is 9.84 Å². The van der Waals surface area contributed by atoms with Crippen LogP contribution in [-0.2, 0) is 10.9 Å². The van der Waals surface area contributed by atoms with Gasteiger partial charge in [0.25, 0.3) is 0 Å². The lowest BCUT2D eigenvalue weighted by Gasteiger charge is -2.19. The quantitative estimate of drug-likeness (QED) is 0.875. The number of amides is 1. The molecule has 0 spiro atoms. The number of aromatic carboxylic acids is 1. The van der Waals surface area contributed by atoms with E-state index in [0.717, 1.165) is 0 Å². The average Bonchev–Trinajstić information content (AvgIpc) is 2.57. The number of alkyl halides is 3. The van der Waals surface area contributed by atoms with Crippen molar-refractivity contribution in [1.29, 1.82) is 0 Å². The fourth-order valence-corrected chi connectivity index (χ4v) is 1.95. The predicted molar refractivity (Wildman–Crippen MR) is 63.9 cm³/mol. The highest BCUT2D eigenvalue weighted by Gasteiger charge is 2.41. The van der Waals surface area contributed by atoms with Crippen molar-refractivity contribution in [3.05, 3.63) is 11.3 Å². The number of ether oxygens (including phenoxy) is 1. The molecule has 0 aliphatic rings. The van der Waals surface area contributed by atoms with Crippen molar-refractivity contribution in [3.63, 3.8) is 0 Å². The molecule has 1 heterocycles. The molecule has 20 heavy (non-hydrogen) atoms. The van der Waals surface area contributed by atoms with Gasteiger partial charge in [-0.2, -0.15) is 17.5 Å². The number of rotatable bonds is 2. The molecule has 0 saturated heterocycles. The van der Waals surface area contributed by atoms with E-state index < -0.39 is 40.1 Å². The van der Waals surface area contributed by atoms with E-state index in [9.17, 15) is 22.8 Å². The normalized spacial score (nSPS) is 12.1. The summed E-state index contributed by atoms with van der Waals surface area (Å²) in [6, 6.07) is 0. The molecule has 1 aromatic heterocycles. The van der Waals surface area contributed by atoms with Gasteiger partial charge in [-0.3, -0.25) is 5.32 Å². The standard InChI is InChI=1S/C10H11F3N2O4S/c1-9(2,3)19-8(18)14-6-4(7(16)17)5(15-20-6)10(11,12)13/h1-3H3,(H,14,18)(H,16,17). The summed E-state index contributed by atoms with van der Waals surface area (Å²) in [5, 5.41) is 10.2. The molecular formula is C10H11F3N2O4S. The van der Waals surface area contributed by atoms with Gasteiger partial charge >= 0.3 is 18.2 Å². The maximum absolute atomic E-state index is 12.6. The molecule has 0 fully saturated rings. The molecule has 0 aromatic carbocycles. The Balaban J connectivity index is 3.06. The molecule has 0 aliphatic carbocycles. The molecule has 1 aromatic rings. The number of aromatic nitrogens is 1. The van der Waals surface area contributed by atoms with E-state index in [4.69, 9.17) is 9.84 Å². The Kier molecular flexibility index (Phi) is 4.27. The molecule has 1 rings (SSSR count). The second kappa shape index (κ2) is 5.27. The second-order valence-electron chi connectivity index (χ2n) is 4.67. The summed E-state index contributed by atoms with van der Waals surface area (Å²) >= 11 is 0.223. The zero-order valence-electron chi connectivity index (χ0n) is 10.7. The van der Waals surface area contributed by atoms with Crippen LogP contribution in [0.4, 0.5) is 23.0 Å². The third-order valence-corrected chi connectivity index (χ3v) is 2.55. The number of nitrogens with zero attached hydrogens (tertiary/aromatic N) is 1. The Morgan fingerprint density at radius 3 is 2.25 bits per heavy atom. The third kappa shape index (κ3) is 4.08. The zero-order chi connectivity index (χ0) is 15.7. The highest BCUT2D eigenvalue weighted by atomic mass is 32.1. The first kappa shape index (κ1) is 16.2. The Hall–Kier alpha value is -1.84. The Morgan fingerprint density at radius 2 is 1.85 bits per heavy atom. The number of hydrogen-bond donors (Lipinski definition) is 2. The first-order valence-corrected chi connectivity index (χ1v) is 5.99. The third-order valence-electron chi connectivity index (χ3n) is 1.79. The van der Waals surface area contributed by atoms with Crippen LogP contribution in [0.5, 0.6) is 0 Å². The summed E-state index contributed by atoms with van der Waals surface area (Å²) in [5.41, 5.74) is -3.53. The van der Waals surface area contributed by atoms with Crippen LogP contribution in [0.25, 0.3) is 0 Å². The Labute approximate surface area is 115 Å². The van der Waals surface area contributed by atoms with E-state index in [-0.39, 0.29) is 11.5 Å². The lowest BCUT2D eigenvalue weighted by molar-refractivity contribution is -0.141. The van der Waals surface area contributed by atoms with Gasteiger partial charge in [-0.05, 0) is 32.3 Å². The van der Waals surface area contributed by atoms with Crippen LogP contribution < -0.4 is 5.32 Å². The fourth-order valence-electron chi connectivity index (χ4n) is 1.16.